The zero-order chi connectivity index (χ0) is 8.97. The van der Waals surface area contributed by atoms with Gasteiger partial charge in [0, 0.05) is 22.9 Å². The van der Waals surface area contributed by atoms with Crippen LogP contribution in [-0.2, 0) is 6.42 Å². The molecule has 0 radical (unpaired) electrons. The predicted molar refractivity (Wildman–Crippen MR) is 53.9 cm³/mol. The van der Waals surface area contributed by atoms with E-state index < -0.39 is 0 Å². The van der Waals surface area contributed by atoms with Gasteiger partial charge in [0.25, 0.3) is 0 Å². The maximum atomic E-state index is 5.83. The molecule has 0 spiro atoms. The van der Waals surface area contributed by atoms with Gasteiger partial charge in [0.1, 0.15) is 0 Å². The van der Waals surface area contributed by atoms with E-state index in [1.807, 2.05) is 12.3 Å². The summed E-state index contributed by atoms with van der Waals surface area (Å²) < 4.78 is 1.10. The Labute approximate surface area is 81.3 Å². The Morgan fingerprint density at radius 1 is 1.67 bits per heavy atom. The van der Waals surface area contributed by atoms with E-state index in [0.29, 0.717) is 0 Å². The molecular formula is C9H13BrN2. The van der Waals surface area contributed by atoms with Gasteiger partial charge >= 0.3 is 0 Å². The molecule has 0 saturated heterocycles. The average molecular weight is 229 g/mol. The third-order valence-electron chi connectivity index (χ3n) is 1.85. The first-order valence-electron chi connectivity index (χ1n) is 4.08. The van der Waals surface area contributed by atoms with E-state index in [1.54, 1.807) is 6.20 Å². The van der Waals surface area contributed by atoms with Crippen LogP contribution in [0.2, 0.25) is 0 Å². The van der Waals surface area contributed by atoms with Gasteiger partial charge in [-0.25, -0.2) is 0 Å². The molecule has 0 bridgehead atoms. The molecule has 0 aromatic carbocycles. The highest BCUT2D eigenvalue weighted by atomic mass is 79.9. The smallest absolute Gasteiger partial charge is 0.0311 e. The van der Waals surface area contributed by atoms with Crippen LogP contribution in [0.5, 0.6) is 0 Å². The van der Waals surface area contributed by atoms with Crippen LogP contribution in [-0.4, -0.2) is 11.0 Å². The lowest BCUT2D eigenvalue weighted by Crippen LogP contribution is -2.21. The normalized spacial score (nSPS) is 12.9. The fourth-order valence-electron chi connectivity index (χ4n) is 0.987. The van der Waals surface area contributed by atoms with Gasteiger partial charge in [0.15, 0.2) is 0 Å². The number of hydrogen-bond donors (Lipinski definition) is 1. The van der Waals surface area contributed by atoms with Gasteiger partial charge in [0.2, 0.25) is 0 Å². The molecule has 1 unspecified atom stereocenters. The lowest BCUT2D eigenvalue weighted by Gasteiger charge is -2.08. The molecule has 2 nitrogen and oxygen atoms in total. The lowest BCUT2D eigenvalue weighted by atomic mass is 10.1. The summed E-state index contributed by atoms with van der Waals surface area (Å²) in [5.74, 6) is 0. The Kier molecular flexibility index (Phi) is 3.69. The van der Waals surface area contributed by atoms with Crippen molar-refractivity contribution >= 4 is 15.9 Å². The first kappa shape index (κ1) is 9.68. The second kappa shape index (κ2) is 4.58. The zero-order valence-electron chi connectivity index (χ0n) is 7.13. The minimum absolute atomic E-state index is 0.241. The van der Waals surface area contributed by atoms with Crippen molar-refractivity contribution in [3.05, 3.63) is 28.5 Å². The fraction of sp³-hybridized carbons (Fsp3) is 0.444. The van der Waals surface area contributed by atoms with E-state index in [2.05, 4.69) is 27.8 Å². The Hall–Kier alpha value is -0.410. The van der Waals surface area contributed by atoms with Crippen LogP contribution in [0.15, 0.2) is 22.9 Å². The Bertz CT molecular complexity index is 250. The third-order valence-corrected chi connectivity index (χ3v) is 2.62. The van der Waals surface area contributed by atoms with E-state index in [4.69, 9.17) is 5.73 Å². The summed E-state index contributed by atoms with van der Waals surface area (Å²) in [6, 6.07) is 2.18. The van der Waals surface area contributed by atoms with Crippen molar-refractivity contribution in [1.82, 2.24) is 4.98 Å². The quantitative estimate of drug-likeness (QED) is 0.862. The Morgan fingerprint density at radius 2 is 2.42 bits per heavy atom. The van der Waals surface area contributed by atoms with Crippen LogP contribution in [0.3, 0.4) is 0 Å². The first-order valence-corrected chi connectivity index (χ1v) is 4.87. The SMILES string of the molecule is CCC(N)Cc1cnccc1Br. The van der Waals surface area contributed by atoms with Crippen molar-refractivity contribution in [2.24, 2.45) is 5.73 Å². The highest BCUT2D eigenvalue weighted by Crippen LogP contribution is 2.16. The molecule has 2 N–H and O–H groups in total. The number of aromatic nitrogens is 1. The summed E-state index contributed by atoms with van der Waals surface area (Å²) in [4.78, 5) is 4.05. The second-order valence-electron chi connectivity index (χ2n) is 2.84. The van der Waals surface area contributed by atoms with Gasteiger partial charge in [-0.3, -0.25) is 4.98 Å². The molecular weight excluding hydrogens is 216 g/mol. The lowest BCUT2D eigenvalue weighted by molar-refractivity contribution is 0.644. The molecule has 0 aliphatic rings. The number of pyridine rings is 1. The number of halogens is 1. The van der Waals surface area contributed by atoms with Crippen LogP contribution in [0.4, 0.5) is 0 Å². The van der Waals surface area contributed by atoms with Gasteiger partial charge in [-0.15, -0.1) is 0 Å². The Balaban J connectivity index is 2.69. The summed E-state index contributed by atoms with van der Waals surface area (Å²) in [6.07, 6.45) is 5.52. The molecule has 0 aliphatic carbocycles. The molecule has 0 aliphatic heterocycles. The molecule has 1 heterocycles. The number of nitrogens with zero attached hydrogens (tertiary/aromatic N) is 1. The molecule has 3 heteroatoms. The molecule has 1 atom stereocenters. The van der Waals surface area contributed by atoms with Gasteiger partial charge in [0.05, 0.1) is 0 Å². The van der Waals surface area contributed by atoms with Crippen molar-refractivity contribution in [2.45, 2.75) is 25.8 Å². The van der Waals surface area contributed by atoms with Crippen LogP contribution in [0, 0.1) is 0 Å². The molecule has 0 fully saturated rings. The Morgan fingerprint density at radius 3 is 3.00 bits per heavy atom. The van der Waals surface area contributed by atoms with E-state index in [0.717, 1.165) is 17.3 Å². The fourth-order valence-corrected chi connectivity index (χ4v) is 1.37. The summed E-state index contributed by atoms with van der Waals surface area (Å²) in [5.41, 5.74) is 7.01. The topological polar surface area (TPSA) is 38.9 Å². The number of nitrogens with two attached hydrogens (primary N) is 1. The van der Waals surface area contributed by atoms with Crippen molar-refractivity contribution in [1.29, 1.82) is 0 Å². The van der Waals surface area contributed by atoms with E-state index in [1.165, 1.54) is 5.56 Å². The molecule has 66 valence electrons. The van der Waals surface area contributed by atoms with Crippen molar-refractivity contribution in [2.75, 3.05) is 0 Å². The van der Waals surface area contributed by atoms with E-state index in [-0.39, 0.29) is 6.04 Å². The average Bonchev–Trinajstić information content (AvgIpc) is 2.09. The van der Waals surface area contributed by atoms with Gasteiger partial charge in [-0.1, -0.05) is 22.9 Å². The number of hydrogen-bond acceptors (Lipinski definition) is 2. The maximum Gasteiger partial charge on any atom is 0.0311 e. The molecule has 0 amide bonds. The van der Waals surface area contributed by atoms with E-state index >= 15 is 0 Å². The largest absolute Gasteiger partial charge is 0.327 e. The predicted octanol–water partition coefficient (Wildman–Crippen LogP) is 2.12. The third kappa shape index (κ3) is 2.57. The zero-order valence-corrected chi connectivity index (χ0v) is 8.71. The monoisotopic (exact) mass is 228 g/mol. The molecule has 1 aromatic rings. The van der Waals surface area contributed by atoms with E-state index in [9.17, 15) is 0 Å². The van der Waals surface area contributed by atoms with Gasteiger partial charge in [-0.2, -0.15) is 0 Å². The van der Waals surface area contributed by atoms with Gasteiger partial charge in [-0.05, 0) is 24.5 Å². The highest BCUT2D eigenvalue weighted by Gasteiger charge is 2.04. The molecule has 0 saturated carbocycles. The summed E-state index contributed by atoms with van der Waals surface area (Å²) in [6.45, 7) is 2.09. The molecule has 1 aromatic heterocycles. The van der Waals surface area contributed by atoms with Crippen molar-refractivity contribution in [3.8, 4) is 0 Å². The summed E-state index contributed by atoms with van der Waals surface area (Å²) in [7, 11) is 0. The number of rotatable bonds is 3. The van der Waals surface area contributed by atoms with Crippen LogP contribution >= 0.6 is 15.9 Å². The van der Waals surface area contributed by atoms with Crippen LogP contribution < -0.4 is 5.73 Å². The maximum absolute atomic E-state index is 5.83. The minimum atomic E-state index is 0.241. The van der Waals surface area contributed by atoms with Crippen LogP contribution in [0.25, 0.3) is 0 Å². The standard InChI is InChI=1S/C9H13BrN2/c1-2-8(11)5-7-6-12-4-3-9(7)10/h3-4,6,8H,2,5,11H2,1H3. The van der Waals surface area contributed by atoms with Crippen LogP contribution in [0.1, 0.15) is 18.9 Å². The van der Waals surface area contributed by atoms with Crippen molar-refractivity contribution < 1.29 is 0 Å². The summed E-state index contributed by atoms with van der Waals surface area (Å²) >= 11 is 3.46. The highest BCUT2D eigenvalue weighted by molar-refractivity contribution is 9.10. The van der Waals surface area contributed by atoms with Gasteiger partial charge < -0.3 is 5.73 Å². The summed E-state index contributed by atoms with van der Waals surface area (Å²) in [5, 5.41) is 0. The second-order valence-corrected chi connectivity index (χ2v) is 3.69. The first-order chi connectivity index (χ1) is 5.74. The molecule has 12 heavy (non-hydrogen) atoms. The molecule has 1 rings (SSSR count). The minimum Gasteiger partial charge on any atom is -0.327 e. The van der Waals surface area contributed by atoms with Crippen molar-refractivity contribution in [3.63, 3.8) is 0 Å².